The molecule has 2 amide bonds. The number of amides is 2. The van der Waals surface area contributed by atoms with E-state index in [2.05, 4.69) is 23.3 Å². The maximum atomic E-state index is 12.2. The number of rotatable bonds is 12. The van der Waals surface area contributed by atoms with Gasteiger partial charge in [-0.3, -0.25) is 14.4 Å². The molecule has 0 aromatic carbocycles. The van der Waals surface area contributed by atoms with Crippen LogP contribution in [0.15, 0.2) is 0 Å². The minimum Gasteiger partial charge on any atom is -0.481 e. The summed E-state index contributed by atoms with van der Waals surface area (Å²) >= 11 is 3.89. The lowest BCUT2D eigenvalue weighted by Crippen LogP contribution is -2.55. The molecule has 0 rings (SSSR count). The molecule has 3 atom stereocenters. The van der Waals surface area contributed by atoms with Gasteiger partial charge in [0.15, 0.2) is 0 Å². The van der Waals surface area contributed by atoms with Gasteiger partial charge in [0.05, 0.1) is 12.5 Å². The molecule has 0 aliphatic heterocycles. The molecule has 11 heteroatoms. The summed E-state index contributed by atoms with van der Waals surface area (Å²) in [7, 11) is 0. The standard InChI is InChI=1S/C13H24N4O6S/c14-4-2-1-3-8(16-11(20)7(15)6-24)12(21)17-9(13(22)23)5-10(18)19/h7-9,24H,1-6,14-15H2,(H,16,20)(H,17,21)(H,18,19)(H,22,23)/t7-,8-,9-/m0/s1. The van der Waals surface area contributed by atoms with Crippen LogP contribution in [0.2, 0.25) is 0 Å². The van der Waals surface area contributed by atoms with Crippen LogP contribution in [0.1, 0.15) is 25.7 Å². The van der Waals surface area contributed by atoms with Crippen molar-refractivity contribution in [2.75, 3.05) is 12.3 Å². The molecule has 0 heterocycles. The maximum absolute atomic E-state index is 12.2. The van der Waals surface area contributed by atoms with Crippen LogP contribution in [0.4, 0.5) is 0 Å². The highest BCUT2D eigenvalue weighted by molar-refractivity contribution is 7.80. The minimum atomic E-state index is -1.59. The van der Waals surface area contributed by atoms with E-state index in [1.165, 1.54) is 0 Å². The number of hydrogen-bond acceptors (Lipinski definition) is 7. The van der Waals surface area contributed by atoms with E-state index in [4.69, 9.17) is 21.7 Å². The molecule has 24 heavy (non-hydrogen) atoms. The van der Waals surface area contributed by atoms with Crippen LogP contribution >= 0.6 is 12.6 Å². The normalized spacial score (nSPS) is 14.3. The molecular weight excluding hydrogens is 340 g/mol. The van der Waals surface area contributed by atoms with Crippen LogP contribution in [0, 0.1) is 0 Å². The number of nitrogens with one attached hydrogen (secondary N) is 2. The van der Waals surface area contributed by atoms with Crippen LogP contribution in [0.5, 0.6) is 0 Å². The van der Waals surface area contributed by atoms with Crippen molar-refractivity contribution in [3.8, 4) is 0 Å². The molecule has 0 aliphatic rings. The molecule has 0 spiro atoms. The molecule has 0 aromatic heterocycles. The summed E-state index contributed by atoms with van der Waals surface area (Å²) in [5, 5.41) is 22.2. The lowest BCUT2D eigenvalue weighted by atomic mass is 10.1. The first-order valence-corrected chi connectivity index (χ1v) is 7.98. The Balaban J connectivity index is 4.95. The smallest absolute Gasteiger partial charge is 0.326 e. The van der Waals surface area contributed by atoms with Gasteiger partial charge in [0, 0.05) is 5.75 Å². The number of carbonyl (C=O) groups excluding carboxylic acids is 2. The summed E-state index contributed by atoms with van der Waals surface area (Å²) < 4.78 is 0. The van der Waals surface area contributed by atoms with E-state index in [0.29, 0.717) is 19.4 Å². The Morgan fingerprint density at radius 1 is 1.00 bits per heavy atom. The third-order valence-corrected chi connectivity index (χ3v) is 3.50. The Labute approximate surface area is 144 Å². The summed E-state index contributed by atoms with van der Waals surface area (Å²) in [6, 6.07) is -3.56. The molecule has 0 unspecified atom stereocenters. The quantitative estimate of drug-likeness (QED) is 0.152. The zero-order valence-electron chi connectivity index (χ0n) is 13.1. The SMILES string of the molecule is NCCCC[C@H](NC(=O)[C@@H](N)CS)C(=O)N[C@@H](CC(=O)O)C(=O)O. The van der Waals surface area contributed by atoms with Crippen molar-refractivity contribution in [1.82, 2.24) is 10.6 Å². The van der Waals surface area contributed by atoms with Crippen LogP contribution in [0.25, 0.3) is 0 Å². The van der Waals surface area contributed by atoms with Gasteiger partial charge in [0.25, 0.3) is 0 Å². The van der Waals surface area contributed by atoms with E-state index >= 15 is 0 Å². The Morgan fingerprint density at radius 2 is 1.58 bits per heavy atom. The Kier molecular flexibility index (Phi) is 10.8. The summed E-state index contributed by atoms with van der Waals surface area (Å²) in [5.74, 6) is -4.18. The number of aliphatic carboxylic acids is 2. The highest BCUT2D eigenvalue weighted by Crippen LogP contribution is 2.03. The summed E-state index contributed by atoms with van der Waals surface area (Å²) in [4.78, 5) is 45.7. The second-order valence-corrected chi connectivity index (χ2v) is 5.50. The summed E-state index contributed by atoms with van der Waals surface area (Å²) in [6.45, 7) is 0.398. The first-order chi connectivity index (χ1) is 11.2. The third-order valence-electron chi connectivity index (χ3n) is 3.11. The number of carboxylic acids is 2. The van der Waals surface area contributed by atoms with Gasteiger partial charge in [-0.15, -0.1) is 0 Å². The van der Waals surface area contributed by atoms with E-state index in [9.17, 15) is 19.2 Å². The number of hydrogen-bond donors (Lipinski definition) is 7. The summed E-state index contributed by atoms with van der Waals surface area (Å²) in [6.07, 6.45) is 0.561. The van der Waals surface area contributed by atoms with Gasteiger partial charge in [-0.05, 0) is 25.8 Å². The van der Waals surface area contributed by atoms with Crippen molar-refractivity contribution in [2.45, 2.75) is 43.8 Å². The molecular formula is C13H24N4O6S. The Hall–Kier alpha value is -1.85. The Morgan fingerprint density at radius 3 is 2.04 bits per heavy atom. The van der Waals surface area contributed by atoms with Crippen molar-refractivity contribution < 1.29 is 29.4 Å². The van der Waals surface area contributed by atoms with E-state index in [1.54, 1.807) is 0 Å². The lowest BCUT2D eigenvalue weighted by molar-refractivity contribution is -0.147. The molecule has 0 fully saturated rings. The largest absolute Gasteiger partial charge is 0.481 e. The van der Waals surface area contributed by atoms with Crippen molar-refractivity contribution in [2.24, 2.45) is 11.5 Å². The number of carboxylic acid groups (broad SMARTS) is 2. The molecule has 0 aromatic rings. The van der Waals surface area contributed by atoms with Crippen molar-refractivity contribution in [3.05, 3.63) is 0 Å². The maximum Gasteiger partial charge on any atom is 0.326 e. The van der Waals surface area contributed by atoms with Gasteiger partial charge >= 0.3 is 11.9 Å². The number of carbonyl (C=O) groups is 4. The number of thiol groups is 1. The highest BCUT2D eigenvalue weighted by Gasteiger charge is 2.28. The van der Waals surface area contributed by atoms with Gasteiger partial charge in [0.2, 0.25) is 11.8 Å². The van der Waals surface area contributed by atoms with Gasteiger partial charge in [0.1, 0.15) is 12.1 Å². The number of nitrogens with two attached hydrogens (primary N) is 2. The molecule has 0 bridgehead atoms. The topological polar surface area (TPSA) is 185 Å². The predicted octanol–water partition coefficient (Wildman–Crippen LogP) is -2.10. The molecule has 0 saturated carbocycles. The predicted molar refractivity (Wildman–Crippen MR) is 88.5 cm³/mol. The van der Waals surface area contributed by atoms with E-state index in [-0.39, 0.29) is 12.2 Å². The zero-order valence-corrected chi connectivity index (χ0v) is 14.0. The average Bonchev–Trinajstić information content (AvgIpc) is 2.51. The summed E-state index contributed by atoms with van der Waals surface area (Å²) in [5.41, 5.74) is 10.9. The first kappa shape index (κ1) is 22.1. The molecule has 8 N–H and O–H groups in total. The molecule has 138 valence electrons. The van der Waals surface area contributed by atoms with Crippen LogP contribution in [-0.4, -0.2) is 64.4 Å². The fourth-order valence-electron chi connectivity index (χ4n) is 1.77. The van der Waals surface area contributed by atoms with E-state index < -0.39 is 48.3 Å². The minimum absolute atomic E-state index is 0.0692. The van der Waals surface area contributed by atoms with Crippen LogP contribution < -0.4 is 22.1 Å². The second-order valence-electron chi connectivity index (χ2n) is 5.13. The van der Waals surface area contributed by atoms with E-state index in [1.807, 2.05) is 0 Å². The van der Waals surface area contributed by atoms with Crippen molar-refractivity contribution in [1.29, 1.82) is 0 Å². The molecule has 0 radical (unpaired) electrons. The van der Waals surface area contributed by atoms with Gasteiger partial charge < -0.3 is 32.3 Å². The van der Waals surface area contributed by atoms with Crippen molar-refractivity contribution >= 4 is 36.4 Å². The lowest BCUT2D eigenvalue weighted by Gasteiger charge is -2.22. The van der Waals surface area contributed by atoms with Crippen LogP contribution in [0.3, 0.4) is 0 Å². The van der Waals surface area contributed by atoms with Gasteiger partial charge in [-0.25, -0.2) is 4.79 Å². The molecule has 0 aliphatic carbocycles. The monoisotopic (exact) mass is 364 g/mol. The highest BCUT2D eigenvalue weighted by atomic mass is 32.1. The fourth-order valence-corrected chi connectivity index (χ4v) is 1.94. The van der Waals surface area contributed by atoms with Crippen LogP contribution in [-0.2, 0) is 19.2 Å². The average molecular weight is 364 g/mol. The Bertz CT molecular complexity index is 462. The van der Waals surface area contributed by atoms with Crippen molar-refractivity contribution in [3.63, 3.8) is 0 Å². The first-order valence-electron chi connectivity index (χ1n) is 7.34. The zero-order chi connectivity index (χ0) is 18.7. The number of unbranched alkanes of at least 4 members (excludes halogenated alkanes) is 1. The molecule has 0 saturated heterocycles. The van der Waals surface area contributed by atoms with E-state index in [0.717, 1.165) is 0 Å². The second kappa shape index (κ2) is 11.6. The fraction of sp³-hybridized carbons (Fsp3) is 0.692. The van der Waals surface area contributed by atoms with Gasteiger partial charge in [-0.1, -0.05) is 0 Å². The van der Waals surface area contributed by atoms with Gasteiger partial charge in [-0.2, -0.15) is 12.6 Å². The third kappa shape index (κ3) is 8.70. The molecule has 10 nitrogen and oxygen atoms in total.